The molecule has 0 bridgehead atoms. The zero-order chi connectivity index (χ0) is 24.0. The van der Waals surface area contributed by atoms with Crippen molar-refractivity contribution in [2.45, 2.75) is 37.5 Å². The quantitative estimate of drug-likeness (QED) is 0.200. The summed E-state index contributed by atoms with van der Waals surface area (Å²) >= 11 is 0. The second kappa shape index (κ2) is 10.1. The lowest BCUT2D eigenvalue weighted by atomic mass is 9.86. The van der Waals surface area contributed by atoms with Gasteiger partial charge in [-0.3, -0.25) is 9.59 Å². The molecule has 9 heteroatoms. The molecule has 0 heterocycles. The van der Waals surface area contributed by atoms with Crippen molar-refractivity contribution in [1.82, 2.24) is 10.6 Å². The van der Waals surface area contributed by atoms with Crippen LogP contribution < -0.4 is 10.6 Å². The molecule has 2 aromatic carbocycles. The fraction of sp³-hybridized carbons (Fsp3) is 0.250. The highest BCUT2D eigenvalue weighted by Crippen LogP contribution is 2.28. The highest BCUT2D eigenvalue weighted by atomic mass is 16.3. The van der Waals surface area contributed by atoms with Gasteiger partial charge in [0.05, 0.1) is 6.04 Å². The van der Waals surface area contributed by atoms with Crippen LogP contribution in [0.25, 0.3) is 12.2 Å². The summed E-state index contributed by atoms with van der Waals surface area (Å²) in [5, 5.41) is 54.1. The van der Waals surface area contributed by atoms with E-state index in [4.69, 9.17) is 0 Å². The van der Waals surface area contributed by atoms with Crippen LogP contribution in [0.2, 0.25) is 0 Å². The lowest BCUT2D eigenvalue weighted by Crippen LogP contribution is -2.63. The number of aromatic hydroxyl groups is 4. The summed E-state index contributed by atoms with van der Waals surface area (Å²) in [6.07, 6.45) is 7.45. The molecule has 1 fully saturated rings. The highest BCUT2D eigenvalue weighted by molar-refractivity contribution is 5.93. The SMILES string of the molecule is O=C(C=Cc1ccc(O)c(O)c1)NC1CCCCC1(O)NC(=O)C=Cc1ccc(O)c(O)c1. The third-order valence-electron chi connectivity index (χ3n) is 5.39. The van der Waals surface area contributed by atoms with Gasteiger partial charge in [-0.05, 0) is 66.8 Å². The van der Waals surface area contributed by atoms with Crippen LogP contribution in [0.15, 0.2) is 48.6 Å². The molecule has 0 aromatic heterocycles. The van der Waals surface area contributed by atoms with Gasteiger partial charge < -0.3 is 36.2 Å². The number of benzene rings is 2. The van der Waals surface area contributed by atoms with E-state index in [9.17, 15) is 35.1 Å². The van der Waals surface area contributed by atoms with Crippen molar-refractivity contribution in [3.63, 3.8) is 0 Å². The van der Waals surface area contributed by atoms with Crippen LogP contribution in [0.1, 0.15) is 36.8 Å². The van der Waals surface area contributed by atoms with E-state index in [2.05, 4.69) is 10.6 Å². The van der Waals surface area contributed by atoms with E-state index >= 15 is 0 Å². The number of hydrogen-bond acceptors (Lipinski definition) is 7. The predicted octanol–water partition coefficient (Wildman–Crippen LogP) is 2.10. The maximum Gasteiger partial charge on any atom is 0.246 e. The summed E-state index contributed by atoms with van der Waals surface area (Å²) in [6, 6.07) is 7.50. The topological polar surface area (TPSA) is 159 Å². The molecule has 0 spiro atoms. The summed E-state index contributed by atoms with van der Waals surface area (Å²) in [5.41, 5.74) is -0.665. The Kier molecular flexibility index (Phi) is 7.24. The first-order chi connectivity index (χ1) is 15.7. The van der Waals surface area contributed by atoms with E-state index in [0.717, 1.165) is 6.42 Å². The Morgan fingerprint density at radius 3 is 1.91 bits per heavy atom. The molecule has 2 amide bonds. The first-order valence-electron chi connectivity index (χ1n) is 10.4. The van der Waals surface area contributed by atoms with E-state index in [-0.39, 0.29) is 29.4 Å². The van der Waals surface area contributed by atoms with Gasteiger partial charge in [0.2, 0.25) is 11.8 Å². The molecule has 174 valence electrons. The van der Waals surface area contributed by atoms with Gasteiger partial charge in [-0.25, -0.2) is 0 Å². The molecule has 1 saturated carbocycles. The van der Waals surface area contributed by atoms with Crippen LogP contribution in [0.5, 0.6) is 23.0 Å². The molecule has 7 N–H and O–H groups in total. The Bertz CT molecular complexity index is 1100. The number of nitrogens with one attached hydrogen (secondary N) is 2. The molecule has 33 heavy (non-hydrogen) atoms. The first-order valence-corrected chi connectivity index (χ1v) is 10.4. The summed E-state index contributed by atoms with van der Waals surface area (Å²) in [5.74, 6) is -2.24. The number of aliphatic hydroxyl groups is 1. The zero-order valence-corrected chi connectivity index (χ0v) is 17.7. The number of amides is 2. The second-order valence-electron chi connectivity index (χ2n) is 7.88. The van der Waals surface area contributed by atoms with Gasteiger partial charge in [-0.1, -0.05) is 18.6 Å². The lowest BCUT2D eigenvalue weighted by Gasteiger charge is -2.40. The molecule has 2 atom stereocenters. The molecule has 0 aliphatic heterocycles. The summed E-state index contributed by atoms with van der Waals surface area (Å²) in [7, 11) is 0. The molecular formula is C24H26N2O7. The standard InChI is InChI=1S/C24H26N2O7/c27-17-8-4-15(13-19(17)29)6-10-22(31)25-21-3-1-2-12-24(21,33)26-23(32)11-7-16-5-9-18(28)20(30)14-16/h4-11,13-14,21,27-30,33H,1-3,12H2,(H,25,31)(H,26,32). The van der Waals surface area contributed by atoms with Gasteiger partial charge in [0.25, 0.3) is 0 Å². The number of carbonyl (C=O) groups is 2. The largest absolute Gasteiger partial charge is 0.504 e. The van der Waals surface area contributed by atoms with Gasteiger partial charge >= 0.3 is 0 Å². The minimum atomic E-state index is -1.64. The summed E-state index contributed by atoms with van der Waals surface area (Å²) in [4.78, 5) is 24.8. The van der Waals surface area contributed by atoms with E-state index in [1.807, 2.05) is 0 Å². The molecule has 0 radical (unpaired) electrons. The monoisotopic (exact) mass is 454 g/mol. The van der Waals surface area contributed by atoms with Crippen molar-refractivity contribution in [2.24, 2.45) is 0 Å². The fourth-order valence-electron chi connectivity index (χ4n) is 3.60. The highest BCUT2D eigenvalue weighted by Gasteiger charge is 2.40. The predicted molar refractivity (Wildman–Crippen MR) is 121 cm³/mol. The van der Waals surface area contributed by atoms with Gasteiger partial charge in [-0.15, -0.1) is 0 Å². The Morgan fingerprint density at radius 1 is 0.818 bits per heavy atom. The van der Waals surface area contributed by atoms with Crippen molar-refractivity contribution in [1.29, 1.82) is 0 Å². The average molecular weight is 454 g/mol. The van der Waals surface area contributed by atoms with Gasteiger partial charge in [0, 0.05) is 12.2 Å². The fourth-order valence-corrected chi connectivity index (χ4v) is 3.60. The molecule has 2 unspecified atom stereocenters. The van der Waals surface area contributed by atoms with E-state index in [1.54, 1.807) is 0 Å². The number of carbonyl (C=O) groups excluding carboxylic acids is 2. The lowest BCUT2D eigenvalue weighted by molar-refractivity contribution is -0.133. The smallest absolute Gasteiger partial charge is 0.246 e. The molecule has 9 nitrogen and oxygen atoms in total. The Morgan fingerprint density at radius 2 is 1.36 bits per heavy atom. The molecule has 1 aliphatic carbocycles. The molecular weight excluding hydrogens is 428 g/mol. The minimum Gasteiger partial charge on any atom is -0.504 e. The van der Waals surface area contributed by atoms with E-state index in [1.165, 1.54) is 60.7 Å². The number of phenolic OH excluding ortho intramolecular Hbond substituents is 4. The van der Waals surface area contributed by atoms with Crippen LogP contribution in [0, 0.1) is 0 Å². The van der Waals surface area contributed by atoms with Gasteiger partial charge in [0.15, 0.2) is 28.7 Å². The number of hydrogen-bond donors (Lipinski definition) is 7. The second-order valence-corrected chi connectivity index (χ2v) is 7.88. The van der Waals surface area contributed by atoms with E-state index in [0.29, 0.717) is 24.0 Å². The maximum atomic E-state index is 12.4. The summed E-state index contributed by atoms with van der Waals surface area (Å²) in [6.45, 7) is 0. The van der Waals surface area contributed by atoms with Crippen molar-refractivity contribution in [3.05, 3.63) is 59.7 Å². The molecule has 2 aromatic rings. The van der Waals surface area contributed by atoms with Crippen LogP contribution in [0.4, 0.5) is 0 Å². The van der Waals surface area contributed by atoms with Crippen molar-refractivity contribution in [3.8, 4) is 23.0 Å². The van der Waals surface area contributed by atoms with Crippen LogP contribution in [0.3, 0.4) is 0 Å². The third-order valence-corrected chi connectivity index (χ3v) is 5.39. The van der Waals surface area contributed by atoms with Gasteiger partial charge in [0.1, 0.15) is 0 Å². The average Bonchev–Trinajstić information content (AvgIpc) is 2.77. The molecule has 1 aliphatic rings. The minimum absolute atomic E-state index is 0.257. The summed E-state index contributed by atoms with van der Waals surface area (Å²) < 4.78 is 0. The molecule has 3 rings (SSSR count). The number of phenols is 4. The van der Waals surface area contributed by atoms with E-state index < -0.39 is 23.6 Å². The maximum absolute atomic E-state index is 12.4. The van der Waals surface area contributed by atoms with Crippen molar-refractivity contribution < 1.29 is 35.1 Å². The van der Waals surface area contributed by atoms with Crippen LogP contribution in [-0.2, 0) is 9.59 Å². The Labute approximate surface area is 190 Å². The molecule has 0 saturated heterocycles. The third kappa shape index (κ3) is 6.27. The van der Waals surface area contributed by atoms with Crippen LogP contribution >= 0.6 is 0 Å². The first kappa shape index (κ1) is 23.7. The Balaban J connectivity index is 1.63. The van der Waals surface area contributed by atoms with Crippen molar-refractivity contribution >= 4 is 24.0 Å². The Hall–Kier alpha value is -3.98. The van der Waals surface area contributed by atoms with Gasteiger partial charge in [-0.2, -0.15) is 0 Å². The van der Waals surface area contributed by atoms with Crippen molar-refractivity contribution in [2.75, 3.05) is 0 Å². The van der Waals surface area contributed by atoms with Crippen LogP contribution in [-0.4, -0.2) is 49.1 Å². The number of rotatable bonds is 6. The normalized spacial score (nSPS) is 20.7. The zero-order valence-electron chi connectivity index (χ0n) is 17.7.